The number of aromatic hydroxyl groups is 3. The molecule has 2 unspecified atom stereocenters. The number of carbonyl (C=O) groups is 7. The van der Waals surface area contributed by atoms with E-state index in [-0.39, 0.29) is 52.0 Å². The summed E-state index contributed by atoms with van der Waals surface area (Å²) in [6, 6.07) is -0.0280. The fourth-order valence-electron chi connectivity index (χ4n) is 12.6. The Balaban J connectivity index is 1.24. The van der Waals surface area contributed by atoms with Gasteiger partial charge in [-0.2, -0.15) is 0 Å². The number of fused-ring (bicyclic) bond motifs is 15. The molecule has 544 valence electrons. The molecule has 101 heavy (non-hydrogen) atoms. The Kier molecular flexibility index (Phi) is 22.6. The number of phenolic OH excluding ortho intramolecular Hbond substituents is 3. The molecule has 2 saturated heterocycles. The lowest BCUT2D eigenvalue weighted by Gasteiger charge is -2.47. The van der Waals surface area contributed by atoms with Crippen molar-refractivity contribution in [2.24, 2.45) is 17.4 Å². The molecular formula is C66H77Cl2N9O24. The van der Waals surface area contributed by atoms with Crippen LogP contribution < -0.4 is 62.9 Å². The topological polar surface area (TPSA) is 534 Å². The van der Waals surface area contributed by atoms with Crippen LogP contribution in [0.5, 0.6) is 46.0 Å². The predicted octanol–water partition coefficient (Wildman–Crippen LogP) is -0.102. The first-order valence-corrected chi connectivity index (χ1v) is 32.5. The molecule has 0 spiro atoms. The molecule has 0 saturated carbocycles. The smallest absolute Gasteiger partial charge is 0.325 e. The van der Waals surface area contributed by atoms with Gasteiger partial charge in [-0.3, -0.25) is 38.9 Å². The van der Waals surface area contributed by atoms with Crippen LogP contribution in [0.15, 0.2) is 78.9 Å². The lowest BCUT2D eigenvalue weighted by molar-refractivity contribution is -0.333. The fraction of sp³-hybridized carbons (Fsp3) is 0.439. The van der Waals surface area contributed by atoms with Crippen molar-refractivity contribution in [2.45, 2.75) is 162 Å². The van der Waals surface area contributed by atoms with Crippen LogP contribution in [0.25, 0.3) is 11.1 Å². The molecule has 19 atom stereocenters. The van der Waals surface area contributed by atoms with Gasteiger partial charge in [-0.05, 0) is 116 Å². The third-order valence-corrected chi connectivity index (χ3v) is 18.5. The molecule has 6 amide bonds. The standard InChI is InChI=1S/C66H77Cl2N9O24/c1-23(2)12-34(71-5)58(88)76-49-51(83)26-7-10-38(32(67)14-26)97-40-16-28-17-41(55(40)101-65-56(54(86)53(85)42(22-78)99-65)100-44-21-66(4,70)57(87)24(3)96-44)98-39-11-8-27(15-33(39)68)52(84)50-63(93)75-48(64(94)95)31-18-29(79)19-37(81)45(31)30-13-25(6-9-36(30)80)46(60(90)77-50)74-61(91)47(28)73-59(89)35(20-43(69)82)72-62(49)92/h6-11,13-19,23-24,34-35,42,44,46-54,56-57,63,65,71,75,78-81,83-87,93H,12,20-22,70H2,1-5H3,(H2,69,82)(H,72,92)(H,73,89)(H,74,91)(H,76,88)(H,77,90)(H,94,95)/t24-,34+,35-,42+,44-,46+,47+,48-,49?,50-,51+,52+,53+,54-,56+,57+,63+,65?,66-/m0/s1. The number of nitrogens with two attached hydrogens (primary N) is 2. The molecule has 5 aromatic rings. The maximum Gasteiger partial charge on any atom is 0.325 e. The molecule has 35 heteroatoms. The Morgan fingerprint density at radius 2 is 1.34 bits per heavy atom. The van der Waals surface area contributed by atoms with E-state index in [1.54, 1.807) is 0 Å². The number of aliphatic hydroxyl groups excluding tert-OH is 7. The van der Waals surface area contributed by atoms with E-state index in [9.17, 15) is 75.3 Å². The normalized spacial score (nSPS) is 30.2. The van der Waals surface area contributed by atoms with Crippen LogP contribution in [0.1, 0.15) is 105 Å². The van der Waals surface area contributed by atoms with Gasteiger partial charge in [-0.15, -0.1) is 0 Å². The van der Waals surface area contributed by atoms with Crippen LogP contribution in [-0.4, -0.2) is 196 Å². The van der Waals surface area contributed by atoms with E-state index in [0.717, 1.165) is 60.7 Å². The number of benzene rings is 5. The van der Waals surface area contributed by atoms with E-state index in [1.807, 2.05) is 13.8 Å². The summed E-state index contributed by atoms with van der Waals surface area (Å²) in [5, 5.41) is 143. The summed E-state index contributed by atoms with van der Waals surface area (Å²) in [4.78, 5) is 102. The van der Waals surface area contributed by atoms with Crippen molar-refractivity contribution in [1.82, 2.24) is 37.2 Å². The molecule has 12 rings (SSSR count). The SMILES string of the molecule is CN[C@H](CC(C)C)C(=O)NC1C(=O)N[C@@H](CC(N)=O)C(=O)N[C@H]2C(=O)N[C@H]3C(=O)N[C@@H]([C@H](O)c4ccc(c(Cl)c4)Oc4cc2cc(c4OC2O[C@H](CO)[C@@H](O)[C@H](O)[C@H]2O[C@H]2C[C@](C)(N)[C@H](O)[C@H](C)O2)Oc2ccc(cc2Cl)[C@H]1O)[C@@H](O)N[C@H](C(=O)O)c1cc(O)cc(O)c1-c1cc3ccc1O. The number of ether oxygens (including phenoxy) is 6. The highest BCUT2D eigenvalue weighted by Crippen LogP contribution is 2.50. The van der Waals surface area contributed by atoms with Crippen molar-refractivity contribution in [1.29, 1.82) is 0 Å². The zero-order valence-electron chi connectivity index (χ0n) is 54.4. The molecule has 7 heterocycles. The fourth-order valence-corrected chi connectivity index (χ4v) is 13.1. The second-order valence-electron chi connectivity index (χ2n) is 25.9. The number of carboxylic acids is 1. The molecule has 22 N–H and O–H groups in total. The van der Waals surface area contributed by atoms with E-state index < -0.39 is 232 Å². The van der Waals surface area contributed by atoms with Gasteiger partial charge in [0, 0.05) is 29.2 Å². The van der Waals surface area contributed by atoms with Crippen molar-refractivity contribution in [2.75, 3.05) is 13.7 Å². The summed E-state index contributed by atoms with van der Waals surface area (Å²) in [6.45, 7) is 5.68. The number of nitrogens with one attached hydrogen (secondary N) is 7. The maximum absolute atomic E-state index is 16.0. The van der Waals surface area contributed by atoms with Crippen molar-refractivity contribution in [3.8, 4) is 57.1 Å². The monoisotopic (exact) mass is 1450 g/mol. The van der Waals surface area contributed by atoms with Crippen LogP contribution in [0, 0.1) is 5.92 Å². The number of hydrogen-bond donors (Lipinski definition) is 20. The highest BCUT2D eigenvalue weighted by atomic mass is 35.5. The predicted molar refractivity (Wildman–Crippen MR) is 350 cm³/mol. The zero-order chi connectivity index (χ0) is 73.5. The quantitative estimate of drug-likeness (QED) is 0.0732. The number of halogens is 2. The van der Waals surface area contributed by atoms with Gasteiger partial charge in [0.25, 0.3) is 0 Å². The number of carboxylic acid groups (broad SMARTS) is 1. The number of aliphatic hydroxyl groups is 7. The molecule has 0 aliphatic carbocycles. The van der Waals surface area contributed by atoms with E-state index in [0.29, 0.717) is 0 Å². The van der Waals surface area contributed by atoms with Crippen LogP contribution in [0.3, 0.4) is 0 Å². The summed E-state index contributed by atoms with van der Waals surface area (Å²) >= 11 is 14.1. The molecule has 7 aliphatic heterocycles. The average Bonchev–Trinajstić information content (AvgIpc) is 0.776. The first-order chi connectivity index (χ1) is 47.7. The number of likely N-dealkylation sites (N-methyl/N-ethyl adjacent to an activating group) is 1. The van der Waals surface area contributed by atoms with E-state index in [4.69, 9.17) is 63.1 Å². The first kappa shape index (κ1) is 74.9. The van der Waals surface area contributed by atoms with Gasteiger partial charge in [0.15, 0.2) is 23.9 Å². The largest absolute Gasteiger partial charge is 0.508 e. The molecule has 0 radical (unpaired) electrons. The Morgan fingerprint density at radius 3 is 1.92 bits per heavy atom. The Morgan fingerprint density at radius 1 is 0.733 bits per heavy atom. The van der Waals surface area contributed by atoms with Crippen molar-refractivity contribution >= 4 is 64.6 Å². The zero-order valence-corrected chi connectivity index (χ0v) is 56.0. The summed E-state index contributed by atoms with van der Waals surface area (Å²) in [7, 11) is 1.48. The second-order valence-corrected chi connectivity index (χ2v) is 26.7. The van der Waals surface area contributed by atoms with Crippen molar-refractivity contribution in [3.05, 3.63) is 117 Å². The van der Waals surface area contributed by atoms with Crippen molar-refractivity contribution < 1.29 is 118 Å². The van der Waals surface area contributed by atoms with Gasteiger partial charge in [0.05, 0.1) is 47.4 Å². The van der Waals surface area contributed by atoms with Crippen LogP contribution in [0.2, 0.25) is 10.0 Å². The van der Waals surface area contributed by atoms with Gasteiger partial charge in [-0.1, -0.05) is 55.2 Å². The minimum Gasteiger partial charge on any atom is -0.508 e. The van der Waals surface area contributed by atoms with Crippen LogP contribution >= 0.6 is 23.2 Å². The van der Waals surface area contributed by atoms with E-state index >= 15 is 14.4 Å². The van der Waals surface area contributed by atoms with Gasteiger partial charge >= 0.3 is 5.97 Å². The highest BCUT2D eigenvalue weighted by molar-refractivity contribution is 6.32. The van der Waals surface area contributed by atoms with Gasteiger partial charge < -0.3 is 128 Å². The lowest BCUT2D eigenvalue weighted by atomic mass is 9.86. The molecule has 7 aliphatic rings. The van der Waals surface area contributed by atoms with Crippen molar-refractivity contribution in [3.63, 3.8) is 0 Å². The number of primary amides is 1. The Bertz CT molecular complexity index is 4020. The number of phenols is 3. The molecular weight excluding hydrogens is 1370 g/mol. The second kappa shape index (κ2) is 30.4. The summed E-state index contributed by atoms with van der Waals surface area (Å²) in [5.74, 6) is -14.2. The van der Waals surface area contributed by atoms with Crippen LogP contribution in [-0.2, 0) is 47.8 Å². The number of carbonyl (C=O) groups excluding carboxylic acids is 6. The van der Waals surface area contributed by atoms with E-state index in [1.165, 1.54) is 39.1 Å². The number of rotatable bonds is 13. The molecule has 11 bridgehead atoms. The molecule has 0 aromatic heterocycles. The molecule has 5 aromatic carbocycles. The first-order valence-electron chi connectivity index (χ1n) is 31.8. The third-order valence-electron chi connectivity index (χ3n) is 17.9. The minimum absolute atomic E-state index is 0.0941. The number of hydrogen-bond acceptors (Lipinski definition) is 26. The summed E-state index contributed by atoms with van der Waals surface area (Å²) < 4.78 is 38.4. The molecule has 2 fully saturated rings. The average molecular weight is 1450 g/mol. The Hall–Kier alpha value is -8.75. The van der Waals surface area contributed by atoms with E-state index in [2.05, 4.69) is 37.2 Å². The Labute approximate surface area is 584 Å². The lowest BCUT2D eigenvalue weighted by Crippen LogP contribution is -2.64. The maximum atomic E-state index is 16.0. The number of amides is 6. The summed E-state index contributed by atoms with van der Waals surface area (Å²) in [5.41, 5.74) is 8.26. The van der Waals surface area contributed by atoms with Gasteiger partial charge in [0.1, 0.15) is 95.7 Å². The van der Waals surface area contributed by atoms with Crippen LogP contribution in [0.4, 0.5) is 0 Å². The number of aliphatic carboxylic acids is 1. The summed E-state index contributed by atoms with van der Waals surface area (Å²) in [6.07, 6.45) is -20.8. The third kappa shape index (κ3) is 16.0. The molecule has 33 nitrogen and oxygen atoms in total. The van der Waals surface area contributed by atoms with Gasteiger partial charge in [0.2, 0.25) is 47.5 Å². The minimum atomic E-state index is -2.38. The van der Waals surface area contributed by atoms with Gasteiger partial charge in [-0.25, -0.2) is 0 Å². The highest BCUT2D eigenvalue weighted by Gasteiger charge is 2.51.